The maximum absolute atomic E-state index is 12.5. The lowest BCUT2D eigenvalue weighted by atomic mass is 9.78. The molecule has 6 heteroatoms. The maximum atomic E-state index is 12.5. The number of hydrogen-bond acceptors (Lipinski definition) is 3. The third kappa shape index (κ3) is 3.29. The predicted octanol–water partition coefficient (Wildman–Crippen LogP) is 2.19. The molecule has 3 rings (SSSR count). The van der Waals surface area contributed by atoms with Gasteiger partial charge in [0.15, 0.2) is 6.61 Å². The third-order valence-electron chi connectivity index (χ3n) is 4.81. The summed E-state index contributed by atoms with van der Waals surface area (Å²) in [4.78, 5) is 28.4. The van der Waals surface area contributed by atoms with Gasteiger partial charge in [-0.3, -0.25) is 9.59 Å². The predicted molar refractivity (Wildman–Crippen MR) is 87.4 cm³/mol. The van der Waals surface area contributed by atoms with E-state index in [1.54, 1.807) is 34.1 Å². The Bertz CT molecular complexity index is 622. The van der Waals surface area contributed by atoms with Gasteiger partial charge in [0.1, 0.15) is 5.75 Å². The molecular weight excluding hydrogens is 316 g/mol. The van der Waals surface area contributed by atoms with Gasteiger partial charge >= 0.3 is 0 Å². The van der Waals surface area contributed by atoms with Crippen LogP contribution in [0.15, 0.2) is 24.3 Å². The summed E-state index contributed by atoms with van der Waals surface area (Å²) in [5.41, 5.74) is -0.376. The summed E-state index contributed by atoms with van der Waals surface area (Å²) >= 11 is 5.90. The molecule has 0 saturated carbocycles. The molecule has 0 aromatic heterocycles. The molecule has 2 aliphatic rings. The molecule has 0 N–H and O–H groups in total. The average molecular weight is 337 g/mol. The van der Waals surface area contributed by atoms with Gasteiger partial charge in [0.2, 0.25) is 5.91 Å². The molecule has 2 aliphatic heterocycles. The van der Waals surface area contributed by atoms with Crippen molar-refractivity contribution in [1.29, 1.82) is 0 Å². The zero-order valence-electron chi connectivity index (χ0n) is 13.3. The molecule has 1 spiro atoms. The van der Waals surface area contributed by atoms with Gasteiger partial charge in [-0.1, -0.05) is 17.7 Å². The highest BCUT2D eigenvalue weighted by Gasteiger charge is 2.48. The van der Waals surface area contributed by atoms with E-state index in [0.29, 0.717) is 23.9 Å². The van der Waals surface area contributed by atoms with Crippen LogP contribution in [0.5, 0.6) is 5.75 Å². The number of likely N-dealkylation sites (tertiary alicyclic amines) is 2. The zero-order valence-corrected chi connectivity index (χ0v) is 14.0. The van der Waals surface area contributed by atoms with E-state index in [4.69, 9.17) is 16.3 Å². The first kappa shape index (κ1) is 16.1. The summed E-state index contributed by atoms with van der Waals surface area (Å²) < 4.78 is 5.51. The van der Waals surface area contributed by atoms with Crippen LogP contribution in [0.1, 0.15) is 19.3 Å². The minimum atomic E-state index is -0.376. The second-order valence-electron chi connectivity index (χ2n) is 6.42. The number of rotatable bonds is 3. The van der Waals surface area contributed by atoms with Gasteiger partial charge in [-0.05, 0) is 37.5 Å². The second kappa shape index (κ2) is 6.40. The lowest BCUT2D eigenvalue weighted by Gasteiger charge is -2.37. The number of carbonyl (C=O) groups is 2. The van der Waals surface area contributed by atoms with Crippen LogP contribution in [0.2, 0.25) is 5.02 Å². The highest BCUT2D eigenvalue weighted by atomic mass is 35.5. The Kier molecular flexibility index (Phi) is 4.48. The molecule has 2 fully saturated rings. The quantitative estimate of drug-likeness (QED) is 0.850. The standard InChI is InChI=1S/C17H21ClN2O3/c1-19-8-3-6-17(16(19)22)7-9-20(12-17)15(21)11-23-14-5-2-4-13(18)10-14/h2,4-5,10H,3,6-9,11-12H2,1H3/t17-/m1/s1. The Morgan fingerprint density at radius 2 is 2.17 bits per heavy atom. The van der Waals surface area contributed by atoms with Crippen LogP contribution in [-0.2, 0) is 9.59 Å². The van der Waals surface area contributed by atoms with Crippen LogP contribution in [-0.4, -0.2) is 54.9 Å². The van der Waals surface area contributed by atoms with Crippen molar-refractivity contribution in [2.45, 2.75) is 19.3 Å². The number of amides is 2. The van der Waals surface area contributed by atoms with E-state index >= 15 is 0 Å². The molecule has 2 saturated heterocycles. The van der Waals surface area contributed by atoms with E-state index < -0.39 is 0 Å². The van der Waals surface area contributed by atoms with Crippen LogP contribution >= 0.6 is 11.6 Å². The Hall–Kier alpha value is -1.75. The van der Waals surface area contributed by atoms with Gasteiger partial charge in [-0.25, -0.2) is 0 Å². The molecule has 1 atom stereocenters. The first-order valence-electron chi connectivity index (χ1n) is 7.92. The lowest BCUT2D eigenvalue weighted by Crippen LogP contribution is -2.48. The largest absolute Gasteiger partial charge is 0.484 e. The van der Waals surface area contributed by atoms with Crippen molar-refractivity contribution in [3.8, 4) is 5.75 Å². The van der Waals surface area contributed by atoms with E-state index in [0.717, 1.165) is 25.8 Å². The molecule has 1 aromatic rings. The van der Waals surface area contributed by atoms with Gasteiger partial charge < -0.3 is 14.5 Å². The van der Waals surface area contributed by atoms with E-state index in [1.807, 2.05) is 7.05 Å². The van der Waals surface area contributed by atoms with Gasteiger partial charge in [0.25, 0.3) is 5.91 Å². The molecule has 0 unspecified atom stereocenters. The van der Waals surface area contributed by atoms with Crippen molar-refractivity contribution in [1.82, 2.24) is 9.80 Å². The van der Waals surface area contributed by atoms with Crippen molar-refractivity contribution >= 4 is 23.4 Å². The van der Waals surface area contributed by atoms with Crippen LogP contribution < -0.4 is 4.74 Å². The molecule has 124 valence electrons. The molecule has 0 bridgehead atoms. The van der Waals surface area contributed by atoms with Crippen molar-refractivity contribution in [3.05, 3.63) is 29.3 Å². The number of ether oxygens (including phenoxy) is 1. The second-order valence-corrected chi connectivity index (χ2v) is 6.86. The van der Waals surface area contributed by atoms with Gasteiger partial charge in [0.05, 0.1) is 5.41 Å². The lowest BCUT2D eigenvalue weighted by molar-refractivity contribution is -0.144. The van der Waals surface area contributed by atoms with Crippen molar-refractivity contribution < 1.29 is 14.3 Å². The smallest absolute Gasteiger partial charge is 0.260 e. The Morgan fingerprint density at radius 3 is 2.96 bits per heavy atom. The van der Waals surface area contributed by atoms with Crippen LogP contribution in [0.3, 0.4) is 0 Å². The number of nitrogens with zero attached hydrogens (tertiary/aromatic N) is 2. The number of piperidine rings is 1. The van der Waals surface area contributed by atoms with Crippen molar-refractivity contribution in [2.75, 3.05) is 33.3 Å². The van der Waals surface area contributed by atoms with E-state index in [1.165, 1.54) is 0 Å². The molecule has 0 aliphatic carbocycles. The topological polar surface area (TPSA) is 49.9 Å². The highest BCUT2D eigenvalue weighted by molar-refractivity contribution is 6.30. The minimum Gasteiger partial charge on any atom is -0.484 e. The van der Waals surface area contributed by atoms with Crippen molar-refractivity contribution in [2.24, 2.45) is 5.41 Å². The zero-order chi connectivity index (χ0) is 16.4. The summed E-state index contributed by atoms with van der Waals surface area (Å²) in [6.45, 7) is 1.91. The fourth-order valence-corrected chi connectivity index (χ4v) is 3.71. The fourth-order valence-electron chi connectivity index (χ4n) is 3.53. The molecule has 23 heavy (non-hydrogen) atoms. The van der Waals surface area contributed by atoms with Crippen molar-refractivity contribution in [3.63, 3.8) is 0 Å². The highest BCUT2D eigenvalue weighted by Crippen LogP contribution is 2.39. The first-order chi connectivity index (χ1) is 11.0. The van der Waals surface area contributed by atoms with Gasteiger partial charge in [-0.2, -0.15) is 0 Å². The van der Waals surface area contributed by atoms with Crippen LogP contribution in [0, 0.1) is 5.41 Å². The molecular formula is C17H21ClN2O3. The summed E-state index contributed by atoms with van der Waals surface area (Å²) in [7, 11) is 1.84. The van der Waals surface area contributed by atoms with Gasteiger partial charge in [-0.15, -0.1) is 0 Å². The SMILES string of the molecule is CN1CCC[C@]2(CCN(C(=O)COc3cccc(Cl)c3)C2)C1=O. The van der Waals surface area contributed by atoms with E-state index in [9.17, 15) is 9.59 Å². The Balaban J connectivity index is 1.58. The summed E-state index contributed by atoms with van der Waals surface area (Å²) in [6.07, 6.45) is 2.62. The van der Waals surface area contributed by atoms with Crippen LogP contribution in [0.4, 0.5) is 0 Å². The average Bonchev–Trinajstić information content (AvgIpc) is 2.96. The summed E-state index contributed by atoms with van der Waals surface area (Å²) in [6, 6.07) is 6.99. The molecule has 2 heterocycles. The third-order valence-corrected chi connectivity index (χ3v) is 5.05. The molecule has 5 nitrogen and oxygen atoms in total. The summed E-state index contributed by atoms with van der Waals surface area (Å²) in [5.74, 6) is 0.672. The number of hydrogen-bond donors (Lipinski definition) is 0. The number of halogens is 1. The first-order valence-corrected chi connectivity index (χ1v) is 8.30. The van der Waals surface area contributed by atoms with E-state index in [-0.39, 0.29) is 23.8 Å². The fraction of sp³-hybridized carbons (Fsp3) is 0.529. The van der Waals surface area contributed by atoms with E-state index in [2.05, 4.69) is 0 Å². The minimum absolute atomic E-state index is 0.0273. The normalized spacial score (nSPS) is 24.3. The Labute approximate surface area is 141 Å². The number of benzene rings is 1. The summed E-state index contributed by atoms with van der Waals surface area (Å²) in [5, 5.41) is 0.575. The monoisotopic (exact) mass is 336 g/mol. The van der Waals surface area contributed by atoms with Gasteiger partial charge in [0, 0.05) is 31.7 Å². The molecule has 0 radical (unpaired) electrons. The number of carbonyl (C=O) groups excluding carboxylic acids is 2. The molecule has 1 aromatic carbocycles. The van der Waals surface area contributed by atoms with Crippen LogP contribution in [0.25, 0.3) is 0 Å². The Morgan fingerprint density at radius 1 is 1.35 bits per heavy atom. The maximum Gasteiger partial charge on any atom is 0.260 e. The molecule has 2 amide bonds.